The molecule has 1 fully saturated rings. The van der Waals surface area contributed by atoms with E-state index in [1.807, 2.05) is 0 Å². The van der Waals surface area contributed by atoms with Crippen LogP contribution in [0.4, 0.5) is 18.0 Å². The third-order valence-corrected chi connectivity index (χ3v) is 4.71. The van der Waals surface area contributed by atoms with Gasteiger partial charge in [-0.3, -0.25) is 4.79 Å². The number of aliphatic carboxylic acids is 1. The molecule has 0 radical (unpaired) electrons. The summed E-state index contributed by atoms with van der Waals surface area (Å²) < 4.78 is 40.1. The summed E-state index contributed by atoms with van der Waals surface area (Å²) >= 11 is 5.66. The smallest absolute Gasteiger partial charge is 0.407 e. The number of hydrogen-bond donors (Lipinski definition) is 2. The van der Waals surface area contributed by atoms with Crippen molar-refractivity contribution in [2.75, 3.05) is 6.54 Å². The summed E-state index contributed by atoms with van der Waals surface area (Å²) in [6.45, 7) is 1.48. The highest BCUT2D eigenvalue weighted by atomic mass is 35.5. The van der Waals surface area contributed by atoms with E-state index in [4.69, 9.17) is 16.7 Å². The zero-order chi connectivity index (χ0) is 18.9. The molecule has 2 atom stereocenters. The lowest BCUT2D eigenvalue weighted by atomic mass is 9.72. The Labute approximate surface area is 146 Å². The molecule has 0 aliphatic carbocycles. The zero-order valence-corrected chi connectivity index (χ0v) is 13.9. The van der Waals surface area contributed by atoms with Crippen molar-refractivity contribution in [2.24, 2.45) is 5.41 Å². The van der Waals surface area contributed by atoms with E-state index in [2.05, 4.69) is 4.98 Å². The number of pyridine rings is 1. The van der Waals surface area contributed by atoms with E-state index in [-0.39, 0.29) is 24.5 Å². The van der Waals surface area contributed by atoms with Gasteiger partial charge in [0.15, 0.2) is 5.82 Å². The van der Waals surface area contributed by atoms with Crippen molar-refractivity contribution < 1.29 is 33.0 Å². The van der Waals surface area contributed by atoms with Crippen LogP contribution in [-0.4, -0.2) is 44.7 Å². The molecule has 1 aliphatic heterocycles. The van der Waals surface area contributed by atoms with Crippen molar-refractivity contribution >= 4 is 23.7 Å². The molecule has 6 nitrogen and oxygen atoms in total. The summed E-state index contributed by atoms with van der Waals surface area (Å²) in [5.74, 6) is -2.54. The standard InChI is InChI=1S/C15H16ClF3N2O4/c1-7-5-15(13(22)23,2-3-21(7)14(24)25)6-9-11(17)8(12(18)19)4-10(16)20-9/h4,7,12H,2-3,5-6H2,1H3,(H,22,23)(H,24,25)/t7-,15?/m1/s1. The fourth-order valence-electron chi connectivity index (χ4n) is 3.21. The van der Waals surface area contributed by atoms with Crippen LogP contribution in [0.3, 0.4) is 0 Å². The van der Waals surface area contributed by atoms with Crippen LogP contribution in [0, 0.1) is 11.2 Å². The maximum absolute atomic E-state index is 14.3. The first kappa shape index (κ1) is 19.3. The topological polar surface area (TPSA) is 90.7 Å². The number of likely N-dealkylation sites (tertiary alicyclic amines) is 1. The first-order chi connectivity index (χ1) is 11.6. The van der Waals surface area contributed by atoms with Crippen molar-refractivity contribution in [1.82, 2.24) is 9.88 Å². The molecule has 2 heterocycles. The van der Waals surface area contributed by atoms with Gasteiger partial charge in [-0.25, -0.2) is 22.9 Å². The fraction of sp³-hybridized carbons (Fsp3) is 0.533. The van der Waals surface area contributed by atoms with E-state index in [9.17, 15) is 27.9 Å². The van der Waals surface area contributed by atoms with Gasteiger partial charge in [-0.15, -0.1) is 0 Å². The highest BCUT2D eigenvalue weighted by Gasteiger charge is 2.46. The van der Waals surface area contributed by atoms with Gasteiger partial charge in [-0.05, 0) is 25.8 Å². The SMILES string of the molecule is C[C@@H]1CC(Cc2nc(Cl)cc(C(F)F)c2F)(C(=O)O)CCN1C(=O)O. The minimum atomic E-state index is -3.12. The Morgan fingerprint density at radius 2 is 2.12 bits per heavy atom. The van der Waals surface area contributed by atoms with E-state index in [1.165, 1.54) is 6.92 Å². The molecule has 0 spiro atoms. The fourth-order valence-corrected chi connectivity index (χ4v) is 3.43. The molecular formula is C15H16ClF3N2O4. The predicted octanol–water partition coefficient (Wildman–Crippen LogP) is 3.59. The van der Waals surface area contributed by atoms with Crippen LogP contribution < -0.4 is 0 Å². The van der Waals surface area contributed by atoms with Gasteiger partial charge < -0.3 is 15.1 Å². The second-order valence-electron chi connectivity index (χ2n) is 6.14. The summed E-state index contributed by atoms with van der Waals surface area (Å²) in [5, 5.41) is 18.4. The number of carbonyl (C=O) groups is 2. The van der Waals surface area contributed by atoms with Crippen LogP contribution >= 0.6 is 11.6 Å². The van der Waals surface area contributed by atoms with Gasteiger partial charge in [0.1, 0.15) is 5.15 Å². The first-order valence-corrected chi connectivity index (χ1v) is 7.81. The molecule has 10 heteroatoms. The number of nitrogens with zero attached hydrogens (tertiary/aromatic N) is 2. The van der Waals surface area contributed by atoms with Crippen LogP contribution in [0.15, 0.2) is 6.07 Å². The Kier molecular flexibility index (Phi) is 5.46. The molecule has 0 bridgehead atoms. The van der Waals surface area contributed by atoms with E-state index in [0.717, 1.165) is 4.90 Å². The molecule has 1 unspecified atom stereocenters. The van der Waals surface area contributed by atoms with Crippen molar-refractivity contribution in [3.63, 3.8) is 0 Å². The van der Waals surface area contributed by atoms with Gasteiger partial charge >= 0.3 is 12.1 Å². The second-order valence-corrected chi connectivity index (χ2v) is 6.52. The monoisotopic (exact) mass is 380 g/mol. The number of rotatable bonds is 4. The average Bonchev–Trinajstić information content (AvgIpc) is 2.49. The number of hydrogen-bond acceptors (Lipinski definition) is 3. The molecule has 2 N–H and O–H groups in total. The third kappa shape index (κ3) is 3.81. The van der Waals surface area contributed by atoms with Gasteiger partial charge in [-0.1, -0.05) is 11.6 Å². The first-order valence-electron chi connectivity index (χ1n) is 7.43. The minimum absolute atomic E-state index is 0.0628. The maximum Gasteiger partial charge on any atom is 0.407 e. The lowest BCUT2D eigenvalue weighted by molar-refractivity contribution is -0.153. The lowest BCUT2D eigenvalue weighted by Crippen LogP contribution is -2.51. The van der Waals surface area contributed by atoms with Crippen molar-refractivity contribution in [3.8, 4) is 0 Å². The highest BCUT2D eigenvalue weighted by Crippen LogP contribution is 2.39. The van der Waals surface area contributed by atoms with Gasteiger partial charge in [0.05, 0.1) is 16.7 Å². The Hall–Kier alpha value is -2.03. The quantitative estimate of drug-likeness (QED) is 0.779. The molecule has 0 saturated carbocycles. The van der Waals surface area contributed by atoms with E-state index >= 15 is 0 Å². The van der Waals surface area contributed by atoms with Crippen LogP contribution in [0.25, 0.3) is 0 Å². The van der Waals surface area contributed by atoms with Gasteiger partial charge in [0.2, 0.25) is 0 Å². The molecule has 2 rings (SSSR count). The summed E-state index contributed by atoms with van der Waals surface area (Å²) in [6.07, 6.45) is -4.93. The number of carboxylic acid groups (broad SMARTS) is 2. The second kappa shape index (κ2) is 7.07. The maximum atomic E-state index is 14.3. The number of alkyl halides is 2. The number of amides is 1. The minimum Gasteiger partial charge on any atom is -0.481 e. The molecular weight excluding hydrogens is 365 g/mol. The zero-order valence-electron chi connectivity index (χ0n) is 13.2. The number of piperidine rings is 1. The van der Waals surface area contributed by atoms with Crippen molar-refractivity contribution in [1.29, 1.82) is 0 Å². The predicted molar refractivity (Wildman–Crippen MR) is 81.4 cm³/mol. The lowest BCUT2D eigenvalue weighted by Gasteiger charge is -2.42. The molecule has 1 amide bonds. The number of halogens is 4. The van der Waals surface area contributed by atoms with E-state index < -0.39 is 53.4 Å². The van der Waals surface area contributed by atoms with E-state index in [0.29, 0.717) is 6.07 Å². The molecule has 1 aliphatic rings. The Morgan fingerprint density at radius 3 is 2.60 bits per heavy atom. The average molecular weight is 381 g/mol. The van der Waals surface area contributed by atoms with Gasteiger partial charge in [0, 0.05) is 19.0 Å². The van der Waals surface area contributed by atoms with Crippen LogP contribution in [0.5, 0.6) is 0 Å². The van der Waals surface area contributed by atoms with Gasteiger partial charge in [0.25, 0.3) is 6.43 Å². The Bertz CT molecular complexity index is 704. The van der Waals surface area contributed by atoms with Crippen LogP contribution in [-0.2, 0) is 11.2 Å². The van der Waals surface area contributed by atoms with E-state index in [1.54, 1.807) is 0 Å². The highest BCUT2D eigenvalue weighted by molar-refractivity contribution is 6.29. The Balaban J connectivity index is 2.39. The van der Waals surface area contributed by atoms with Crippen LogP contribution in [0.2, 0.25) is 5.15 Å². The normalized spacial score (nSPS) is 23.8. The summed E-state index contributed by atoms with van der Waals surface area (Å²) in [7, 11) is 0. The number of aromatic nitrogens is 1. The largest absolute Gasteiger partial charge is 0.481 e. The molecule has 1 aromatic rings. The molecule has 25 heavy (non-hydrogen) atoms. The summed E-state index contributed by atoms with van der Waals surface area (Å²) in [5.41, 5.74) is -2.91. The third-order valence-electron chi connectivity index (χ3n) is 4.51. The Morgan fingerprint density at radius 1 is 1.48 bits per heavy atom. The van der Waals surface area contributed by atoms with Crippen molar-refractivity contribution in [2.45, 2.75) is 38.7 Å². The molecule has 138 valence electrons. The summed E-state index contributed by atoms with van der Waals surface area (Å²) in [4.78, 5) is 27.7. The van der Waals surface area contributed by atoms with Crippen molar-refractivity contribution in [3.05, 3.63) is 28.3 Å². The molecule has 1 saturated heterocycles. The summed E-state index contributed by atoms with van der Waals surface area (Å²) in [6, 6.07) is 0.0768. The number of carboxylic acids is 1. The van der Waals surface area contributed by atoms with Gasteiger partial charge in [-0.2, -0.15) is 0 Å². The van der Waals surface area contributed by atoms with Crippen LogP contribution in [0.1, 0.15) is 37.4 Å². The molecule has 1 aromatic heterocycles. The molecule has 0 aromatic carbocycles.